The molecule has 18 heavy (non-hydrogen) atoms. The highest BCUT2D eigenvalue weighted by Crippen LogP contribution is 2.06. The fourth-order valence-electron chi connectivity index (χ4n) is 1.47. The molecule has 0 aromatic carbocycles. The molecule has 1 aromatic rings. The van der Waals surface area contributed by atoms with Gasteiger partial charge in [0.05, 0.1) is 0 Å². The molecule has 0 spiro atoms. The molecule has 100 valence electrons. The van der Waals surface area contributed by atoms with Crippen molar-refractivity contribution in [1.82, 2.24) is 10.3 Å². The van der Waals surface area contributed by atoms with Gasteiger partial charge in [-0.1, -0.05) is 13.0 Å². The molecule has 0 aliphatic rings. The molecule has 0 aliphatic heterocycles. The van der Waals surface area contributed by atoms with Crippen LogP contribution in [0.25, 0.3) is 0 Å². The van der Waals surface area contributed by atoms with Crippen molar-refractivity contribution in [3.8, 4) is 0 Å². The number of anilines is 1. The van der Waals surface area contributed by atoms with Crippen molar-refractivity contribution in [3.05, 3.63) is 23.9 Å². The molecular weight excluding hydrogens is 246 g/mol. The molecule has 0 saturated heterocycles. The summed E-state index contributed by atoms with van der Waals surface area (Å²) in [6.07, 6.45) is 0. The third-order valence-electron chi connectivity index (χ3n) is 2.29. The Morgan fingerprint density at radius 1 is 1.44 bits per heavy atom. The van der Waals surface area contributed by atoms with E-state index in [-0.39, 0.29) is 11.9 Å². The second kappa shape index (κ2) is 7.97. The Kier molecular flexibility index (Phi) is 6.57. The lowest BCUT2D eigenvalue weighted by Crippen LogP contribution is -2.34. The van der Waals surface area contributed by atoms with Crippen molar-refractivity contribution >= 4 is 23.5 Å². The van der Waals surface area contributed by atoms with E-state index in [0.717, 1.165) is 23.9 Å². The van der Waals surface area contributed by atoms with E-state index >= 15 is 0 Å². The number of carbonyl (C=O) groups excluding carboxylic acids is 1. The number of hydrogen-bond acceptors (Lipinski definition) is 4. The molecule has 4 nitrogen and oxygen atoms in total. The molecule has 1 atom stereocenters. The molecule has 5 heteroatoms. The first-order valence-corrected chi connectivity index (χ1v) is 7.42. The summed E-state index contributed by atoms with van der Waals surface area (Å²) >= 11 is 1.82. The molecule has 0 radical (unpaired) electrons. The largest absolute Gasteiger partial charge is 0.370 e. The van der Waals surface area contributed by atoms with Crippen LogP contribution < -0.4 is 10.6 Å². The van der Waals surface area contributed by atoms with Gasteiger partial charge in [0.25, 0.3) is 5.91 Å². The van der Waals surface area contributed by atoms with Crippen molar-refractivity contribution in [2.75, 3.05) is 23.4 Å². The Balaban J connectivity index is 2.57. The van der Waals surface area contributed by atoms with Crippen molar-refractivity contribution in [2.45, 2.75) is 26.8 Å². The SMILES string of the molecule is CCNc1cccc(C(=O)NC(C)CSCC)n1. The number of aromatic nitrogens is 1. The summed E-state index contributed by atoms with van der Waals surface area (Å²) in [6.45, 7) is 6.91. The topological polar surface area (TPSA) is 54.0 Å². The van der Waals surface area contributed by atoms with E-state index in [9.17, 15) is 4.79 Å². The highest BCUT2D eigenvalue weighted by atomic mass is 32.2. The number of pyridine rings is 1. The van der Waals surface area contributed by atoms with Crippen LogP contribution in [0.1, 0.15) is 31.3 Å². The van der Waals surface area contributed by atoms with Crippen molar-refractivity contribution in [1.29, 1.82) is 0 Å². The lowest BCUT2D eigenvalue weighted by atomic mass is 10.3. The third kappa shape index (κ3) is 4.96. The molecule has 0 aliphatic carbocycles. The van der Waals surface area contributed by atoms with Crippen LogP contribution in [0, 0.1) is 0 Å². The van der Waals surface area contributed by atoms with Crippen LogP contribution in [0.15, 0.2) is 18.2 Å². The number of carbonyl (C=O) groups is 1. The fourth-order valence-corrected chi connectivity index (χ4v) is 2.15. The lowest BCUT2D eigenvalue weighted by Gasteiger charge is -2.13. The first kappa shape index (κ1) is 14.8. The van der Waals surface area contributed by atoms with E-state index in [1.165, 1.54) is 0 Å². The molecule has 1 rings (SSSR count). The normalized spacial score (nSPS) is 11.9. The number of nitrogens with one attached hydrogen (secondary N) is 2. The van der Waals surface area contributed by atoms with Crippen molar-refractivity contribution in [3.63, 3.8) is 0 Å². The average Bonchev–Trinajstić information content (AvgIpc) is 2.37. The van der Waals surface area contributed by atoms with Gasteiger partial charge >= 0.3 is 0 Å². The Morgan fingerprint density at radius 2 is 2.22 bits per heavy atom. The second-order valence-corrected chi connectivity index (χ2v) is 5.29. The van der Waals surface area contributed by atoms with Crippen LogP contribution in [0.4, 0.5) is 5.82 Å². The maximum absolute atomic E-state index is 12.0. The molecule has 2 N–H and O–H groups in total. The monoisotopic (exact) mass is 267 g/mol. The van der Waals surface area contributed by atoms with Gasteiger partial charge in [-0.3, -0.25) is 4.79 Å². The number of thioether (sulfide) groups is 1. The summed E-state index contributed by atoms with van der Waals surface area (Å²) in [5.74, 6) is 2.61. The number of nitrogens with zero attached hydrogens (tertiary/aromatic N) is 1. The molecule has 0 saturated carbocycles. The molecule has 0 fully saturated rings. The first-order valence-electron chi connectivity index (χ1n) is 6.26. The fraction of sp³-hybridized carbons (Fsp3) is 0.538. The molecule has 1 amide bonds. The summed E-state index contributed by atoms with van der Waals surface area (Å²) in [6, 6.07) is 5.59. The molecular formula is C13H21N3OS. The van der Waals surface area contributed by atoms with Gasteiger partial charge in [0.15, 0.2) is 0 Å². The van der Waals surface area contributed by atoms with Gasteiger partial charge < -0.3 is 10.6 Å². The van der Waals surface area contributed by atoms with Crippen LogP contribution >= 0.6 is 11.8 Å². The smallest absolute Gasteiger partial charge is 0.270 e. The average molecular weight is 267 g/mol. The summed E-state index contributed by atoms with van der Waals surface area (Å²) < 4.78 is 0. The van der Waals surface area contributed by atoms with E-state index in [2.05, 4.69) is 22.5 Å². The predicted molar refractivity (Wildman–Crippen MR) is 78.3 cm³/mol. The lowest BCUT2D eigenvalue weighted by molar-refractivity contribution is 0.0939. The zero-order valence-corrected chi connectivity index (χ0v) is 12.0. The number of hydrogen-bond donors (Lipinski definition) is 2. The number of amides is 1. The van der Waals surface area contributed by atoms with E-state index in [4.69, 9.17) is 0 Å². The van der Waals surface area contributed by atoms with Crippen LogP contribution in [-0.4, -0.2) is 35.0 Å². The Bertz CT molecular complexity index is 384. The minimum atomic E-state index is -0.112. The molecule has 1 heterocycles. The van der Waals surface area contributed by atoms with Crippen LogP contribution in [0.5, 0.6) is 0 Å². The van der Waals surface area contributed by atoms with E-state index in [0.29, 0.717) is 5.69 Å². The summed E-state index contributed by atoms with van der Waals surface area (Å²) in [5.41, 5.74) is 0.460. The van der Waals surface area contributed by atoms with E-state index in [1.54, 1.807) is 6.07 Å². The van der Waals surface area contributed by atoms with E-state index < -0.39 is 0 Å². The van der Waals surface area contributed by atoms with Crippen molar-refractivity contribution < 1.29 is 4.79 Å². The van der Waals surface area contributed by atoms with Crippen molar-refractivity contribution in [2.24, 2.45) is 0 Å². The highest BCUT2D eigenvalue weighted by molar-refractivity contribution is 7.99. The molecule has 1 aromatic heterocycles. The van der Waals surface area contributed by atoms with Crippen LogP contribution in [0.3, 0.4) is 0 Å². The summed E-state index contributed by atoms with van der Waals surface area (Å²) in [7, 11) is 0. The summed E-state index contributed by atoms with van der Waals surface area (Å²) in [5, 5.41) is 6.05. The van der Waals surface area contributed by atoms with Gasteiger partial charge in [0.1, 0.15) is 11.5 Å². The minimum Gasteiger partial charge on any atom is -0.370 e. The Morgan fingerprint density at radius 3 is 2.89 bits per heavy atom. The maximum atomic E-state index is 12.0. The first-order chi connectivity index (χ1) is 8.67. The second-order valence-electron chi connectivity index (χ2n) is 3.97. The standard InChI is InChI=1S/C13H21N3OS/c1-4-14-12-8-6-7-11(16-12)13(17)15-10(3)9-18-5-2/h6-8,10H,4-5,9H2,1-3H3,(H,14,16)(H,15,17). The molecule has 1 unspecified atom stereocenters. The van der Waals surface area contributed by atoms with Gasteiger partial charge in [0.2, 0.25) is 0 Å². The quantitative estimate of drug-likeness (QED) is 0.796. The van der Waals surface area contributed by atoms with Crippen LogP contribution in [0.2, 0.25) is 0 Å². The minimum absolute atomic E-state index is 0.112. The third-order valence-corrected chi connectivity index (χ3v) is 3.43. The Labute approximate surface area is 113 Å². The van der Waals surface area contributed by atoms with Gasteiger partial charge in [-0.05, 0) is 31.7 Å². The summed E-state index contributed by atoms with van der Waals surface area (Å²) in [4.78, 5) is 16.2. The number of rotatable bonds is 7. The van der Waals surface area contributed by atoms with Crippen LogP contribution in [-0.2, 0) is 0 Å². The van der Waals surface area contributed by atoms with Gasteiger partial charge in [-0.2, -0.15) is 11.8 Å². The highest BCUT2D eigenvalue weighted by Gasteiger charge is 2.11. The zero-order chi connectivity index (χ0) is 13.4. The zero-order valence-electron chi connectivity index (χ0n) is 11.2. The van der Waals surface area contributed by atoms with Gasteiger partial charge in [-0.15, -0.1) is 0 Å². The molecule has 0 bridgehead atoms. The Hall–Kier alpha value is -1.23. The van der Waals surface area contributed by atoms with E-state index in [1.807, 2.05) is 37.7 Å². The van der Waals surface area contributed by atoms with Gasteiger partial charge in [-0.25, -0.2) is 4.98 Å². The van der Waals surface area contributed by atoms with Gasteiger partial charge in [0, 0.05) is 18.3 Å². The maximum Gasteiger partial charge on any atom is 0.270 e. The predicted octanol–water partition coefficient (Wildman–Crippen LogP) is 2.38.